The monoisotopic (exact) mass is 360 g/mol. The number of unbranched alkanes of at least 4 members (excludes halogenated alkanes) is 1. The maximum Gasteiger partial charge on any atom is 0.410 e. The highest BCUT2D eigenvalue weighted by atomic mass is 16.6. The van der Waals surface area contributed by atoms with Crippen LogP contribution in [0.5, 0.6) is 0 Å². The van der Waals surface area contributed by atoms with Gasteiger partial charge in [-0.1, -0.05) is 6.07 Å². The summed E-state index contributed by atoms with van der Waals surface area (Å²) in [6.45, 7) is 9.20. The van der Waals surface area contributed by atoms with Crippen molar-refractivity contribution in [3.8, 4) is 0 Å². The Morgan fingerprint density at radius 2 is 2.15 bits per heavy atom. The van der Waals surface area contributed by atoms with E-state index in [2.05, 4.69) is 22.8 Å². The maximum absolute atomic E-state index is 11.9. The number of amides is 1. The van der Waals surface area contributed by atoms with Gasteiger partial charge in [-0.2, -0.15) is 0 Å². The number of carbonyl (C=O) groups is 1. The van der Waals surface area contributed by atoms with Crippen LogP contribution in [-0.2, 0) is 17.6 Å². The van der Waals surface area contributed by atoms with Crippen molar-refractivity contribution in [2.45, 2.75) is 64.5 Å². The Bertz CT molecular complexity index is 621. The number of carbonyl (C=O) groups excluding carboxylic acids is 1. The van der Waals surface area contributed by atoms with Crippen LogP contribution in [0.15, 0.2) is 12.1 Å². The molecule has 0 atom stereocenters. The number of aryl methyl sites for hydroxylation is 2. The Morgan fingerprint density at radius 1 is 1.35 bits per heavy atom. The normalized spacial score (nSPS) is 17.3. The molecule has 0 unspecified atom stereocenters. The first-order valence-corrected chi connectivity index (χ1v) is 9.85. The van der Waals surface area contributed by atoms with Gasteiger partial charge in [0.2, 0.25) is 0 Å². The van der Waals surface area contributed by atoms with E-state index in [1.165, 1.54) is 17.7 Å². The molecule has 1 fully saturated rings. The van der Waals surface area contributed by atoms with Gasteiger partial charge in [0.25, 0.3) is 0 Å². The largest absolute Gasteiger partial charge is 0.444 e. The number of aromatic nitrogens is 1. The minimum absolute atomic E-state index is 0.206. The molecule has 0 aromatic carbocycles. The van der Waals surface area contributed by atoms with Crippen LogP contribution in [-0.4, -0.2) is 53.8 Å². The number of likely N-dealkylation sites (tertiary alicyclic amines) is 1. The van der Waals surface area contributed by atoms with Crippen LogP contribution in [0.25, 0.3) is 0 Å². The molecule has 1 amide bonds. The van der Waals surface area contributed by atoms with Gasteiger partial charge in [0.05, 0.1) is 0 Å². The van der Waals surface area contributed by atoms with E-state index in [1.807, 2.05) is 20.8 Å². The molecule has 0 spiro atoms. The third kappa shape index (κ3) is 5.34. The van der Waals surface area contributed by atoms with Crippen LogP contribution in [0.3, 0.4) is 0 Å². The molecule has 2 aliphatic heterocycles. The van der Waals surface area contributed by atoms with E-state index in [-0.39, 0.29) is 6.09 Å². The molecule has 26 heavy (non-hydrogen) atoms. The quantitative estimate of drug-likeness (QED) is 0.764. The van der Waals surface area contributed by atoms with Crippen LogP contribution in [0, 0.1) is 0 Å². The van der Waals surface area contributed by atoms with Crippen molar-refractivity contribution in [1.82, 2.24) is 15.2 Å². The van der Waals surface area contributed by atoms with E-state index >= 15 is 0 Å². The van der Waals surface area contributed by atoms with Gasteiger partial charge in [0.1, 0.15) is 11.4 Å². The van der Waals surface area contributed by atoms with Gasteiger partial charge in [-0.3, -0.25) is 0 Å². The fourth-order valence-electron chi connectivity index (χ4n) is 3.33. The Hall–Kier alpha value is -1.82. The number of nitrogens with zero attached hydrogens (tertiary/aromatic N) is 2. The topological polar surface area (TPSA) is 66.5 Å². The minimum atomic E-state index is -0.421. The van der Waals surface area contributed by atoms with Crippen molar-refractivity contribution in [3.63, 3.8) is 0 Å². The van der Waals surface area contributed by atoms with Gasteiger partial charge in [-0.05, 0) is 71.0 Å². The molecule has 1 aromatic heterocycles. The minimum Gasteiger partial charge on any atom is -0.444 e. The number of nitrogens with one attached hydrogen (secondary N) is 2. The lowest BCUT2D eigenvalue weighted by Gasteiger charge is -2.40. The molecule has 1 aromatic rings. The highest BCUT2D eigenvalue weighted by molar-refractivity contribution is 5.69. The van der Waals surface area contributed by atoms with E-state index in [0.717, 1.165) is 57.7 Å². The second-order valence-electron chi connectivity index (χ2n) is 8.33. The summed E-state index contributed by atoms with van der Waals surface area (Å²) in [5, 5.41) is 6.92. The van der Waals surface area contributed by atoms with Crippen molar-refractivity contribution in [3.05, 3.63) is 23.4 Å². The molecule has 6 nitrogen and oxygen atoms in total. The maximum atomic E-state index is 11.9. The van der Waals surface area contributed by atoms with Gasteiger partial charge >= 0.3 is 6.09 Å². The standard InChI is InChI=1S/C20H32N4O2/c1-20(2,3)26-19(25)24-13-17(14-24)21-11-5-4-8-16-10-9-15-7-6-12-22-18(15)23-16/h9-10,17,21H,4-8,11-14H2,1-3H3,(H,22,23). The third-order valence-electron chi connectivity index (χ3n) is 4.78. The molecule has 144 valence electrons. The summed E-state index contributed by atoms with van der Waals surface area (Å²) >= 11 is 0. The van der Waals surface area contributed by atoms with Crippen molar-refractivity contribution in [1.29, 1.82) is 0 Å². The molecule has 0 aliphatic carbocycles. The third-order valence-corrected chi connectivity index (χ3v) is 4.78. The zero-order valence-electron chi connectivity index (χ0n) is 16.3. The average Bonchev–Trinajstić information content (AvgIpc) is 2.54. The number of fused-ring (bicyclic) bond motifs is 1. The lowest BCUT2D eigenvalue weighted by Crippen LogP contribution is -2.60. The van der Waals surface area contributed by atoms with Crippen molar-refractivity contribution >= 4 is 11.9 Å². The average molecular weight is 361 g/mol. The predicted molar refractivity (Wildman–Crippen MR) is 104 cm³/mol. The lowest BCUT2D eigenvalue weighted by atomic mass is 10.1. The van der Waals surface area contributed by atoms with Crippen molar-refractivity contribution in [2.75, 3.05) is 31.5 Å². The number of ether oxygens (including phenoxy) is 1. The summed E-state index contributed by atoms with van der Waals surface area (Å²) in [6, 6.07) is 4.79. The summed E-state index contributed by atoms with van der Waals surface area (Å²) in [6.07, 6.45) is 5.40. The highest BCUT2D eigenvalue weighted by Gasteiger charge is 2.33. The highest BCUT2D eigenvalue weighted by Crippen LogP contribution is 2.20. The Morgan fingerprint density at radius 3 is 2.92 bits per heavy atom. The molecule has 2 N–H and O–H groups in total. The van der Waals surface area contributed by atoms with E-state index in [1.54, 1.807) is 4.90 Å². The molecule has 1 saturated heterocycles. The molecule has 0 bridgehead atoms. The Labute approximate surface area is 156 Å². The van der Waals surface area contributed by atoms with Crippen LogP contribution in [0.2, 0.25) is 0 Å². The zero-order chi connectivity index (χ0) is 18.6. The van der Waals surface area contributed by atoms with E-state index in [9.17, 15) is 4.79 Å². The van der Waals surface area contributed by atoms with E-state index in [0.29, 0.717) is 6.04 Å². The number of pyridine rings is 1. The molecular weight excluding hydrogens is 328 g/mol. The second-order valence-corrected chi connectivity index (χ2v) is 8.33. The first-order valence-electron chi connectivity index (χ1n) is 9.85. The molecule has 6 heteroatoms. The van der Waals surface area contributed by atoms with E-state index < -0.39 is 5.60 Å². The molecule has 3 heterocycles. The number of anilines is 1. The summed E-state index contributed by atoms with van der Waals surface area (Å²) in [5.41, 5.74) is 2.11. The first kappa shape index (κ1) is 19.0. The zero-order valence-corrected chi connectivity index (χ0v) is 16.3. The molecule has 0 saturated carbocycles. The van der Waals surface area contributed by atoms with Crippen LogP contribution in [0.4, 0.5) is 10.6 Å². The predicted octanol–water partition coefficient (Wildman–Crippen LogP) is 2.97. The lowest BCUT2D eigenvalue weighted by molar-refractivity contribution is 0.00536. The molecule has 0 radical (unpaired) electrons. The SMILES string of the molecule is CC(C)(C)OC(=O)N1CC(NCCCCc2ccc3c(n2)NCCC3)C1. The summed E-state index contributed by atoms with van der Waals surface area (Å²) in [4.78, 5) is 18.4. The summed E-state index contributed by atoms with van der Waals surface area (Å²) in [7, 11) is 0. The van der Waals surface area contributed by atoms with Crippen LogP contribution in [0.1, 0.15) is 51.3 Å². The van der Waals surface area contributed by atoms with Gasteiger partial charge in [0.15, 0.2) is 0 Å². The van der Waals surface area contributed by atoms with Crippen LogP contribution >= 0.6 is 0 Å². The van der Waals surface area contributed by atoms with Gasteiger partial charge in [-0.15, -0.1) is 0 Å². The summed E-state index contributed by atoms with van der Waals surface area (Å²) in [5.74, 6) is 1.09. The number of rotatable bonds is 6. The van der Waals surface area contributed by atoms with E-state index in [4.69, 9.17) is 9.72 Å². The number of hydrogen-bond donors (Lipinski definition) is 2. The molecule has 3 rings (SSSR count). The molecule has 2 aliphatic rings. The van der Waals surface area contributed by atoms with Gasteiger partial charge in [0, 0.05) is 31.4 Å². The van der Waals surface area contributed by atoms with Crippen molar-refractivity contribution < 1.29 is 9.53 Å². The van der Waals surface area contributed by atoms with Gasteiger partial charge in [-0.25, -0.2) is 9.78 Å². The Kier molecular flexibility index (Phi) is 6.01. The van der Waals surface area contributed by atoms with Crippen molar-refractivity contribution in [2.24, 2.45) is 0 Å². The smallest absolute Gasteiger partial charge is 0.410 e. The van der Waals surface area contributed by atoms with Crippen LogP contribution < -0.4 is 10.6 Å². The Balaban J connectivity index is 1.27. The van der Waals surface area contributed by atoms with Gasteiger partial charge < -0.3 is 20.3 Å². The summed E-state index contributed by atoms with van der Waals surface area (Å²) < 4.78 is 5.37. The number of hydrogen-bond acceptors (Lipinski definition) is 5. The fraction of sp³-hybridized carbons (Fsp3) is 0.700. The fourth-order valence-corrected chi connectivity index (χ4v) is 3.33. The molecular formula is C20H32N4O2. The second kappa shape index (κ2) is 8.25. The first-order chi connectivity index (χ1) is 12.4.